The number of aliphatic hydroxyl groups is 1. The van der Waals surface area contributed by atoms with Crippen LogP contribution in [0.3, 0.4) is 0 Å². The van der Waals surface area contributed by atoms with E-state index >= 15 is 0 Å². The molecule has 0 aromatic rings. The van der Waals surface area contributed by atoms with Crippen LogP contribution >= 0.6 is 0 Å². The van der Waals surface area contributed by atoms with Crippen molar-refractivity contribution < 1.29 is 33.6 Å². The van der Waals surface area contributed by atoms with Gasteiger partial charge in [-0.3, -0.25) is 0 Å². The third-order valence-corrected chi connectivity index (χ3v) is 3.82. The Morgan fingerprint density at radius 3 is 2.64 bits per heavy atom. The van der Waals surface area contributed by atoms with E-state index < -0.39 is 24.1 Å². The van der Waals surface area contributed by atoms with Crippen molar-refractivity contribution >= 4 is 11.9 Å². The second-order valence-electron chi connectivity index (χ2n) is 5.64. The lowest BCUT2D eigenvalue weighted by molar-refractivity contribution is -0.139. The van der Waals surface area contributed by atoms with Crippen molar-refractivity contribution in [1.82, 2.24) is 0 Å². The molecule has 2 heterocycles. The van der Waals surface area contributed by atoms with Crippen LogP contribution in [0.25, 0.3) is 0 Å². The van der Waals surface area contributed by atoms with E-state index in [1.54, 1.807) is 19.9 Å². The first-order valence-electron chi connectivity index (χ1n) is 7.98. The lowest BCUT2D eigenvalue weighted by Gasteiger charge is -2.11. The molecule has 3 unspecified atom stereocenters. The summed E-state index contributed by atoms with van der Waals surface area (Å²) in [5.41, 5.74) is 3.96. The second-order valence-corrected chi connectivity index (χ2v) is 5.64. The highest BCUT2D eigenvalue weighted by Crippen LogP contribution is 2.35. The summed E-state index contributed by atoms with van der Waals surface area (Å²) in [4.78, 5) is 24.3. The molecule has 1 N–H and O–H groups in total. The van der Waals surface area contributed by atoms with Crippen molar-refractivity contribution in [2.24, 2.45) is 0 Å². The summed E-state index contributed by atoms with van der Waals surface area (Å²) in [6, 6.07) is 0. The number of esters is 2. The molecule has 0 radical (unpaired) electrons. The molecule has 7 heteroatoms. The summed E-state index contributed by atoms with van der Waals surface area (Å²) >= 11 is 0. The average molecular weight is 350 g/mol. The first-order chi connectivity index (χ1) is 12.0. The second kappa shape index (κ2) is 8.78. The molecule has 0 aromatic heterocycles. The average Bonchev–Trinajstić information content (AvgIpc) is 3.50. The van der Waals surface area contributed by atoms with E-state index in [4.69, 9.17) is 18.9 Å². The molecule has 2 rings (SSSR count). The number of rotatable bonds is 9. The van der Waals surface area contributed by atoms with E-state index in [-0.39, 0.29) is 31.3 Å². The lowest BCUT2D eigenvalue weighted by Crippen LogP contribution is -2.16. The normalized spacial score (nSPS) is 24.4. The molecule has 0 bridgehead atoms. The molecule has 0 spiro atoms. The van der Waals surface area contributed by atoms with E-state index in [0.29, 0.717) is 17.8 Å². The molecular weight excluding hydrogens is 328 g/mol. The van der Waals surface area contributed by atoms with Crippen LogP contribution in [0, 0.1) is 0 Å². The third-order valence-electron chi connectivity index (χ3n) is 3.82. The number of aliphatic hydroxyl groups excluding tert-OH is 1. The van der Waals surface area contributed by atoms with E-state index in [9.17, 15) is 14.7 Å². The number of carbonyl (C=O) groups excluding carboxylic acids is 2. The molecule has 7 nitrogen and oxygen atoms in total. The van der Waals surface area contributed by atoms with E-state index in [1.807, 2.05) is 0 Å². The zero-order chi connectivity index (χ0) is 18.4. The Bertz CT molecular complexity index is 636. The Hall–Kier alpha value is -2.18. The van der Waals surface area contributed by atoms with Gasteiger partial charge in [0, 0.05) is 12.0 Å². The number of epoxide rings is 2. The maximum absolute atomic E-state index is 12.3. The Kier molecular flexibility index (Phi) is 6.73. The van der Waals surface area contributed by atoms with Crippen molar-refractivity contribution in [3.05, 3.63) is 41.4 Å². The topological polar surface area (TPSA) is 97.9 Å². The molecule has 0 amide bonds. The van der Waals surface area contributed by atoms with Crippen LogP contribution in [0.2, 0.25) is 0 Å². The smallest absolute Gasteiger partial charge is 0.342 e. The van der Waals surface area contributed by atoms with Crippen LogP contribution in [0.4, 0.5) is 0 Å². The van der Waals surface area contributed by atoms with Crippen molar-refractivity contribution in [2.75, 3.05) is 19.8 Å². The molecule has 136 valence electrons. The van der Waals surface area contributed by atoms with Crippen LogP contribution in [-0.2, 0) is 28.5 Å². The SMILES string of the molecule is C=COC(=O)C(C)=C(CC(=C=CC)C(=O)OCC1CO1)C1OC1CO. The molecule has 0 saturated carbocycles. The van der Waals surface area contributed by atoms with Gasteiger partial charge in [0.05, 0.1) is 25.0 Å². The van der Waals surface area contributed by atoms with Gasteiger partial charge in [-0.2, -0.15) is 0 Å². The van der Waals surface area contributed by atoms with Crippen molar-refractivity contribution in [1.29, 1.82) is 0 Å². The molecule has 25 heavy (non-hydrogen) atoms. The molecule has 0 aromatic carbocycles. The molecule has 2 saturated heterocycles. The minimum atomic E-state index is -0.586. The number of carbonyl (C=O) groups is 2. The molecular formula is C18H22O7. The first kappa shape index (κ1) is 19.1. The standard InChI is InChI=1S/C18H22O7/c1-4-6-12(18(21)24-10-13-9-23-13)7-14(16-15(8-19)25-16)11(3)17(20)22-5-2/h4-5,13,15-16,19H,2,7-10H2,1,3H3. The summed E-state index contributed by atoms with van der Waals surface area (Å²) in [5, 5.41) is 9.23. The third kappa shape index (κ3) is 5.41. The number of ether oxygens (including phenoxy) is 4. The largest absolute Gasteiger partial charge is 0.459 e. The first-order valence-corrected chi connectivity index (χ1v) is 7.98. The number of hydrogen-bond acceptors (Lipinski definition) is 7. The fraction of sp³-hybridized carbons (Fsp3) is 0.500. The quantitative estimate of drug-likeness (QED) is 0.219. The fourth-order valence-electron chi connectivity index (χ4n) is 2.30. The van der Waals surface area contributed by atoms with Crippen LogP contribution in [0.15, 0.2) is 41.4 Å². The van der Waals surface area contributed by atoms with Gasteiger partial charge in [-0.05, 0) is 25.5 Å². The fourth-order valence-corrected chi connectivity index (χ4v) is 2.30. The predicted octanol–water partition coefficient (Wildman–Crippen LogP) is 1.18. The van der Waals surface area contributed by atoms with Gasteiger partial charge >= 0.3 is 11.9 Å². The van der Waals surface area contributed by atoms with Gasteiger partial charge in [-0.15, -0.1) is 5.73 Å². The molecule has 2 aliphatic heterocycles. The highest BCUT2D eigenvalue weighted by molar-refractivity contribution is 5.92. The zero-order valence-corrected chi connectivity index (χ0v) is 14.3. The minimum Gasteiger partial charge on any atom is -0.459 e. The van der Waals surface area contributed by atoms with E-state index in [2.05, 4.69) is 12.3 Å². The maximum atomic E-state index is 12.3. The zero-order valence-electron chi connectivity index (χ0n) is 14.3. The molecule has 0 aliphatic carbocycles. The van der Waals surface area contributed by atoms with Gasteiger partial charge in [0.25, 0.3) is 0 Å². The summed E-state index contributed by atoms with van der Waals surface area (Å²) in [6.07, 6.45) is 1.85. The van der Waals surface area contributed by atoms with Gasteiger partial charge in [-0.25, -0.2) is 9.59 Å². The van der Waals surface area contributed by atoms with Crippen LogP contribution < -0.4 is 0 Å². The predicted molar refractivity (Wildman–Crippen MR) is 87.3 cm³/mol. The monoisotopic (exact) mass is 350 g/mol. The summed E-state index contributed by atoms with van der Waals surface area (Å²) in [7, 11) is 0. The van der Waals surface area contributed by atoms with E-state index in [0.717, 1.165) is 6.26 Å². The molecule has 2 aliphatic rings. The Balaban J connectivity index is 2.18. The van der Waals surface area contributed by atoms with Gasteiger partial charge in [0.2, 0.25) is 0 Å². The van der Waals surface area contributed by atoms with Gasteiger partial charge < -0.3 is 24.1 Å². The van der Waals surface area contributed by atoms with Crippen molar-refractivity contribution in [2.45, 2.75) is 38.6 Å². The Labute approximate surface area is 146 Å². The molecule has 2 fully saturated rings. The van der Waals surface area contributed by atoms with E-state index in [1.165, 1.54) is 0 Å². The summed E-state index contributed by atoms with van der Waals surface area (Å²) in [6.45, 7) is 7.25. The Morgan fingerprint density at radius 2 is 2.12 bits per heavy atom. The number of hydrogen-bond donors (Lipinski definition) is 1. The van der Waals surface area contributed by atoms with Crippen molar-refractivity contribution in [3.63, 3.8) is 0 Å². The van der Waals surface area contributed by atoms with Crippen LogP contribution in [0.1, 0.15) is 20.3 Å². The summed E-state index contributed by atoms with van der Waals surface area (Å²) < 4.78 is 20.4. The van der Waals surface area contributed by atoms with Gasteiger partial charge in [0.15, 0.2) is 0 Å². The Morgan fingerprint density at radius 1 is 1.40 bits per heavy atom. The van der Waals surface area contributed by atoms with Gasteiger partial charge in [0.1, 0.15) is 24.9 Å². The highest BCUT2D eigenvalue weighted by Gasteiger charge is 2.43. The van der Waals surface area contributed by atoms with Crippen LogP contribution in [-0.4, -0.2) is 55.2 Å². The molecule has 3 atom stereocenters. The van der Waals surface area contributed by atoms with Crippen molar-refractivity contribution in [3.8, 4) is 0 Å². The minimum absolute atomic E-state index is 0.0411. The summed E-state index contributed by atoms with van der Waals surface area (Å²) in [5.74, 6) is -1.12. The van der Waals surface area contributed by atoms with Crippen LogP contribution in [0.5, 0.6) is 0 Å². The highest BCUT2D eigenvalue weighted by atomic mass is 16.6. The van der Waals surface area contributed by atoms with Gasteiger partial charge in [-0.1, -0.05) is 6.58 Å². The lowest BCUT2D eigenvalue weighted by atomic mass is 9.96. The maximum Gasteiger partial charge on any atom is 0.342 e.